The molecule has 2 aromatic heterocycles. The second-order valence-electron chi connectivity index (χ2n) is 3.94. The summed E-state index contributed by atoms with van der Waals surface area (Å²) in [6, 6.07) is 15.4. The molecule has 0 aliphatic heterocycles. The van der Waals surface area contributed by atoms with Gasteiger partial charge in [0.05, 0.1) is 5.69 Å². The number of benzene rings is 1. The zero-order valence-electron chi connectivity index (χ0n) is 9.45. The van der Waals surface area contributed by atoms with Crippen molar-refractivity contribution in [2.45, 2.75) is 0 Å². The molecule has 2 heterocycles. The Morgan fingerprint density at radius 1 is 1.06 bits per heavy atom. The first-order valence-corrected chi connectivity index (χ1v) is 5.52. The van der Waals surface area contributed by atoms with Gasteiger partial charge in [-0.05, 0) is 17.7 Å². The molecule has 0 bridgehead atoms. The molecule has 0 amide bonds. The van der Waals surface area contributed by atoms with Gasteiger partial charge < -0.3 is 5.11 Å². The van der Waals surface area contributed by atoms with Gasteiger partial charge in [-0.2, -0.15) is 0 Å². The van der Waals surface area contributed by atoms with E-state index in [9.17, 15) is 4.79 Å². The van der Waals surface area contributed by atoms with Crippen LogP contribution in [0.25, 0.3) is 16.9 Å². The predicted octanol–water partition coefficient (Wildman–Crippen LogP) is 2.70. The molecule has 0 spiro atoms. The van der Waals surface area contributed by atoms with E-state index in [0.717, 1.165) is 11.3 Å². The molecule has 0 saturated carbocycles. The summed E-state index contributed by atoms with van der Waals surface area (Å²) in [6.07, 6.45) is 1.54. The molecule has 1 N–H and O–H groups in total. The third-order valence-corrected chi connectivity index (χ3v) is 2.78. The molecule has 3 aromatic rings. The summed E-state index contributed by atoms with van der Waals surface area (Å²) in [7, 11) is 0. The summed E-state index contributed by atoms with van der Waals surface area (Å²) >= 11 is 0. The smallest absolute Gasteiger partial charge is 0.356 e. The molecule has 0 aliphatic rings. The molecular weight excluding hydrogens is 228 g/mol. The Hall–Kier alpha value is -2.62. The molecule has 1 aromatic carbocycles. The van der Waals surface area contributed by atoms with Crippen molar-refractivity contribution in [1.82, 2.24) is 9.38 Å². The highest BCUT2D eigenvalue weighted by Crippen LogP contribution is 2.20. The van der Waals surface area contributed by atoms with Gasteiger partial charge >= 0.3 is 5.97 Å². The number of hydrogen-bond acceptors (Lipinski definition) is 2. The van der Waals surface area contributed by atoms with Crippen LogP contribution < -0.4 is 0 Å². The lowest BCUT2D eigenvalue weighted by Gasteiger charge is -2.04. The summed E-state index contributed by atoms with van der Waals surface area (Å²) < 4.78 is 1.79. The van der Waals surface area contributed by atoms with Crippen molar-refractivity contribution >= 4 is 11.6 Å². The van der Waals surface area contributed by atoms with Crippen molar-refractivity contribution in [2.24, 2.45) is 0 Å². The number of aromatic nitrogens is 2. The normalized spacial score (nSPS) is 10.7. The molecule has 3 rings (SSSR count). The van der Waals surface area contributed by atoms with E-state index < -0.39 is 5.97 Å². The molecule has 4 heteroatoms. The van der Waals surface area contributed by atoms with E-state index in [1.54, 1.807) is 16.7 Å². The number of nitrogens with zero attached hydrogens (tertiary/aromatic N) is 2. The van der Waals surface area contributed by atoms with Crippen LogP contribution >= 0.6 is 0 Å². The SMILES string of the molecule is O=C(O)c1cn2c(-c3ccccc3)cccc2n1. The molecule has 0 unspecified atom stereocenters. The second kappa shape index (κ2) is 4.00. The summed E-state index contributed by atoms with van der Waals surface area (Å²) in [5, 5.41) is 8.97. The molecule has 0 atom stereocenters. The first-order chi connectivity index (χ1) is 8.75. The zero-order valence-corrected chi connectivity index (χ0v) is 9.45. The van der Waals surface area contributed by atoms with Gasteiger partial charge in [-0.3, -0.25) is 4.40 Å². The molecule has 0 saturated heterocycles. The van der Waals surface area contributed by atoms with Crippen molar-refractivity contribution in [1.29, 1.82) is 0 Å². The molecule has 0 aliphatic carbocycles. The minimum Gasteiger partial charge on any atom is -0.476 e. The molecule has 4 nitrogen and oxygen atoms in total. The first kappa shape index (κ1) is 10.5. The number of aromatic carboxylic acids is 1. The van der Waals surface area contributed by atoms with Gasteiger partial charge in [0.15, 0.2) is 5.69 Å². The van der Waals surface area contributed by atoms with Crippen LogP contribution in [0.15, 0.2) is 54.7 Å². The van der Waals surface area contributed by atoms with Gasteiger partial charge in [0.1, 0.15) is 5.65 Å². The minimum absolute atomic E-state index is 0.0541. The van der Waals surface area contributed by atoms with Crippen LogP contribution in [0.1, 0.15) is 10.5 Å². The van der Waals surface area contributed by atoms with Gasteiger partial charge in [0.2, 0.25) is 0 Å². The quantitative estimate of drug-likeness (QED) is 0.746. The minimum atomic E-state index is -1.02. The molecular formula is C14H10N2O2. The van der Waals surface area contributed by atoms with E-state index in [-0.39, 0.29) is 5.69 Å². The third kappa shape index (κ3) is 1.64. The monoisotopic (exact) mass is 238 g/mol. The number of carbonyl (C=O) groups is 1. The van der Waals surface area contributed by atoms with E-state index >= 15 is 0 Å². The van der Waals surface area contributed by atoms with Gasteiger partial charge in [0, 0.05) is 6.20 Å². The highest BCUT2D eigenvalue weighted by atomic mass is 16.4. The standard InChI is InChI=1S/C14H10N2O2/c17-14(18)11-9-16-12(7-4-8-13(16)15-11)10-5-2-1-3-6-10/h1-9H,(H,17,18). The van der Waals surface area contributed by atoms with Crippen LogP contribution in [-0.4, -0.2) is 20.5 Å². The average Bonchev–Trinajstić information content (AvgIpc) is 2.83. The van der Waals surface area contributed by atoms with Crippen molar-refractivity contribution in [3.05, 3.63) is 60.4 Å². The van der Waals surface area contributed by atoms with Crippen LogP contribution in [0.2, 0.25) is 0 Å². The Balaban J connectivity index is 2.27. The Morgan fingerprint density at radius 3 is 2.56 bits per heavy atom. The van der Waals surface area contributed by atoms with Crippen molar-refractivity contribution < 1.29 is 9.90 Å². The van der Waals surface area contributed by atoms with Crippen LogP contribution in [0.4, 0.5) is 0 Å². The lowest BCUT2D eigenvalue weighted by atomic mass is 10.1. The maximum atomic E-state index is 10.9. The van der Waals surface area contributed by atoms with Crippen LogP contribution in [-0.2, 0) is 0 Å². The molecule has 18 heavy (non-hydrogen) atoms. The second-order valence-corrected chi connectivity index (χ2v) is 3.94. The lowest BCUT2D eigenvalue weighted by Crippen LogP contribution is -1.95. The van der Waals surface area contributed by atoms with Crippen LogP contribution in [0.3, 0.4) is 0 Å². The Labute approximate surface area is 103 Å². The number of rotatable bonds is 2. The van der Waals surface area contributed by atoms with Crippen LogP contribution in [0, 0.1) is 0 Å². The van der Waals surface area contributed by atoms with Crippen LogP contribution in [0.5, 0.6) is 0 Å². The maximum Gasteiger partial charge on any atom is 0.356 e. The summed E-state index contributed by atoms with van der Waals surface area (Å²) in [5.74, 6) is -1.02. The highest BCUT2D eigenvalue weighted by molar-refractivity contribution is 5.86. The Kier molecular flexibility index (Phi) is 2.34. The summed E-state index contributed by atoms with van der Waals surface area (Å²) in [5.41, 5.74) is 2.64. The van der Waals surface area contributed by atoms with Gasteiger partial charge in [-0.1, -0.05) is 36.4 Å². The number of pyridine rings is 1. The predicted molar refractivity (Wildman–Crippen MR) is 67.6 cm³/mol. The fourth-order valence-electron chi connectivity index (χ4n) is 1.96. The Morgan fingerprint density at radius 2 is 1.83 bits per heavy atom. The lowest BCUT2D eigenvalue weighted by molar-refractivity contribution is 0.0691. The van der Waals surface area contributed by atoms with E-state index in [4.69, 9.17) is 5.11 Å². The van der Waals surface area contributed by atoms with E-state index in [2.05, 4.69) is 4.98 Å². The van der Waals surface area contributed by atoms with Crippen molar-refractivity contribution in [3.8, 4) is 11.3 Å². The number of hydrogen-bond donors (Lipinski definition) is 1. The number of carboxylic acid groups (broad SMARTS) is 1. The fraction of sp³-hybridized carbons (Fsp3) is 0. The molecule has 88 valence electrons. The third-order valence-electron chi connectivity index (χ3n) is 2.78. The highest BCUT2D eigenvalue weighted by Gasteiger charge is 2.10. The van der Waals surface area contributed by atoms with Crippen molar-refractivity contribution in [3.63, 3.8) is 0 Å². The number of imidazole rings is 1. The largest absolute Gasteiger partial charge is 0.476 e. The van der Waals surface area contributed by atoms with Gasteiger partial charge in [0.25, 0.3) is 0 Å². The van der Waals surface area contributed by atoms with Crippen molar-refractivity contribution in [2.75, 3.05) is 0 Å². The van der Waals surface area contributed by atoms with Gasteiger partial charge in [-0.15, -0.1) is 0 Å². The summed E-state index contributed by atoms with van der Waals surface area (Å²) in [4.78, 5) is 15.0. The zero-order chi connectivity index (χ0) is 12.5. The van der Waals surface area contributed by atoms with Gasteiger partial charge in [-0.25, -0.2) is 9.78 Å². The number of carboxylic acids is 1. The topological polar surface area (TPSA) is 54.6 Å². The van der Waals surface area contributed by atoms with E-state index in [1.165, 1.54) is 0 Å². The molecule has 0 radical (unpaired) electrons. The average molecular weight is 238 g/mol. The Bertz CT molecular complexity index is 717. The maximum absolute atomic E-state index is 10.9. The molecule has 0 fully saturated rings. The van der Waals surface area contributed by atoms with E-state index in [0.29, 0.717) is 5.65 Å². The first-order valence-electron chi connectivity index (χ1n) is 5.52. The fourth-order valence-corrected chi connectivity index (χ4v) is 1.96. The van der Waals surface area contributed by atoms with E-state index in [1.807, 2.05) is 42.5 Å². The summed E-state index contributed by atoms with van der Waals surface area (Å²) in [6.45, 7) is 0. The number of fused-ring (bicyclic) bond motifs is 1.